The number of benzene rings is 1. The Labute approximate surface area is 146 Å². The monoisotopic (exact) mass is 346 g/mol. The van der Waals surface area contributed by atoms with Gasteiger partial charge >= 0.3 is 0 Å². The molecule has 3 rings (SSSR count). The molecule has 0 atom stereocenters. The van der Waals surface area contributed by atoms with Crippen molar-refractivity contribution in [3.63, 3.8) is 0 Å². The maximum atomic E-state index is 12.0. The predicted molar refractivity (Wildman–Crippen MR) is 95.1 cm³/mol. The van der Waals surface area contributed by atoms with Crippen LogP contribution in [-0.2, 0) is 9.53 Å². The van der Waals surface area contributed by atoms with E-state index in [-0.39, 0.29) is 5.91 Å². The minimum absolute atomic E-state index is 0.178. The highest BCUT2D eigenvalue weighted by atomic mass is 32.1. The Kier molecular flexibility index (Phi) is 5.77. The molecule has 1 amide bonds. The highest BCUT2D eigenvalue weighted by Crippen LogP contribution is 2.23. The van der Waals surface area contributed by atoms with Gasteiger partial charge in [-0.25, -0.2) is 0 Å². The number of aromatic nitrogens is 2. The Hall–Kier alpha value is -1.99. The molecular formula is C17H22N4O2S. The van der Waals surface area contributed by atoms with Crippen LogP contribution in [0.15, 0.2) is 30.3 Å². The van der Waals surface area contributed by atoms with E-state index in [0.717, 1.165) is 42.5 Å². The van der Waals surface area contributed by atoms with Gasteiger partial charge in [0.25, 0.3) is 0 Å². The number of carbonyl (C=O) groups excluding carboxylic acids is 1. The molecule has 0 aliphatic carbocycles. The summed E-state index contributed by atoms with van der Waals surface area (Å²) in [5.41, 5.74) is 1.03. The van der Waals surface area contributed by atoms with Crippen molar-refractivity contribution < 1.29 is 9.53 Å². The van der Waals surface area contributed by atoms with Gasteiger partial charge in [0.05, 0.1) is 13.0 Å². The van der Waals surface area contributed by atoms with E-state index in [9.17, 15) is 4.79 Å². The lowest BCUT2D eigenvalue weighted by Crippen LogP contribution is -2.42. The van der Waals surface area contributed by atoms with Crippen LogP contribution in [0.2, 0.25) is 0 Å². The summed E-state index contributed by atoms with van der Waals surface area (Å²) >= 11 is 1.39. The van der Waals surface area contributed by atoms with Crippen molar-refractivity contribution in [1.29, 1.82) is 0 Å². The van der Waals surface area contributed by atoms with E-state index in [4.69, 9.17) is 4.74 Å². The Bertz CT molecular complexity index is 654. The minimum Gasteiger partial charge on any atom is -0.384 e. The maximum absolute atomic E-state index is 12.0. The van der Waals surface area contributed by atoms with E-state index in [1.54, 1.807) is 7.11 Å². The predicted octanol–water partition coefficient (Wildman–Crippen LogP) is 2.64. The summed E-state index contributed by atoms with van der Waals surface area (Å²) in [7, 11) is 1.62. The molecule has 2 aromatic rings. The molecule has 0 saturated carbocycles. The lowest BCUT2D eigenvalue weighted by atomic mass is 10.1. The first-order valence-corrected chi connectivity index (χ1v) is 8.96. The summed E-state index contributed by atoms with van der Waals surface area (Å²) in [5, 5.41) is 4.30. The molecule has 0 radical (unpaired) electrons. The van der Waals surface area contributed by atoms with Crippen LogP contribution in [0.3, 0.4) is 0 Å². The number of nitrogens with zero attached hydrogens (tertiary/aromatic N) is 3. The van der Waals surface area contributed by atoms with Crippen LogP contribution in [0.25, 0.3) is 11.4 Å². The topological polar surface area (TPSA) is 67.3 Å². The second-order valence-electron chi connectivity index (χ2n) is 5.83. The number of hydrogen-bond donors (Lipinski definition) is 1. The number of anilines is 1. The van der Waals surface area contributed by atoms with Gasteiger partial charge in [0.1, 0.15) is 0 Å². The van der Waals surface area contributed by atoms with Crippen molar-refractivity contribution >= 4 is 22.6 Å². The Balaban J connectivity index is 1.50. The first-order chi connectivity index (χ1) is 11.8. The lowest BCUT2D eigenvalue weighted by molar-refractivity contribution is -0.133. The normalized spacial score (nSPS) is 15.5. The van der Waals surface area contributed by atoms with Gasteiger partial charge in [0.2, 0.25) is 11.0 Å². The molecule has 1 fully saturated rings. The number of carbonyl (C=O) groups is 1. The molecule has 1 aromatic carbocycles. The van der Waals surface area contributed by atoms with Gasteiger partial charge in [0.15, 0.2) is 5.82 Å². The van der Waals surface area contributed by atoms with Crippen molar-refractivity contribution in [2.24, 2.45) is 0 Å². The Morgan fingerprint density at radius 3 is 2.79 bits per heavy atom. The van der Waals surface area contributed by atoms with E-state index in [1.807, 2.05) is 35.2 Å². The summed E-state index contributed by atoms with van der Waals surface area (Å²) < 4.78 is 9.39. The Morgan fingerprint density at radius 1 is 1.33 bits per heavy atom. The van der Waals surface area contributed by atoms with Gasteiger partial charge in [0, 0.05) is 43.3 Å². The second-order valence-corrected chi connectivity index (χ2v) is 6.58. The number of piperidine rings is 1. The zero-order valence-corrected chi connectivity index (χ0v) is 14.6. The van der Waals surface area contributed by atoms with Gasteiger partial charge in [-0.15, -0.1) is 0 Å². The van der Waals surface area contributed by atoms with E-state index in [2.05, 4.69) is 14.7 Å². The summed E-state index contributed by atoms with van der Waals surface area (Å²) in [6.07, 6.45) is 2.32. The van der Waals surface area contributed by atoms with Crippen molar-refractivity contribution in [2.75, 3.05) is 32.1 Å². The molecule has 24 heavy (non-hydrogen) atoms. The van der Waals surface area contributed by atoms with Gasteiger partial charge in [-0.3, -0.25) is 4.79 Å². The molecule has 0 bridgehead atoms. The molecule has 6 nitrogen and oxygen atoms in total. The first-order valence-electron chi connectivity index (χ1n) is 8.18. The van der Waals surface area contributed by atoms with Crippen LogP contribution >= 0.6 is 11.5 Å². The van der Waals surface area contributed by atoms with Crippen LogP contribution in [0, 0.1) is 0 Å². The zero-order valence-electron chi connectivity index (χ0n) is 13.8. The molecule has 1 saturated heterocycles. The number of likely N-dealkylation sites (tertiary alicyclic amines) is 1. The molecule has 7 heteroatoms. The number of amides is 1. The first kappa shape index (κ1) is 16.9. The van der Waals surface area contributed by atoms with Crippen molar-refractivity contribution in [3.8, 4) is 11.4 Å². The van der Waals surface area contributed by atoms with Gasteiger partial charge in [-0.05, 0) is 12.8 Å². The van der Waals surface area contributed by atoms with E-state index in [0.29, 0.717) is 19.1 Å². The number of methoxy groups -OCH3 is 1. The van der Waals surface area contributed by atoms with Crippen molar-refractivity contribution in [2.45, 2.75) is 25.3 Å². The summed E-state index contributed by atoms with van der Waals surface area (Å²) in [6, 6.07) is 10.3. The minimum atomic E-state index is 0.178. The molecule has 1 N–H and O–H groups in total. The van der Waals surface area contributed by atoms with E-state index >= 15 is 0 Å². The molecule has 0 spiro atoms. The number of ether oxygens (including phenoxy) is 1. The van der Waals surface area contributed by atoms with Crippen LogP contribution in [-0.4, -0.2) is 53.0 Å². The molecule has 1 aromatic heterocycles. The van der Waals surface area contributed by atoms with Crippen LogP contribution in [0.5, 0.6) is 0 Å². The van der Waals surface area contributed by atoms with Crippen molar-refractivity contribution in [1.82, 2.24) is 14.3 Å². The summed E-state index contributed by atoms with van der Waals surface area (Å²) in [4.78, 5) is 18.5. The summed E-state index contributed by atoms with van der Waals surface area (Å²) in [6.45, 7) is 2.05. The largest absolute Gasteiger partial charge is 0.384 e. The molecule has 2 heterocycles. The van der Waals surface area contributed by atoms with Crippen LogP contribution < -0.4 is 5.32 Å². The third-order valence-electron chi connectivity index (χ3n) is 4.15. The summed E-state index contributed by atoms with van der Waals surface area (Å²) in [5.74, 6) is 0.938. The van der Waals surface area contributed by atoms with Gasteiger partial charge < -0.3 is 15.0 Å². The smallest absolute Gasteiger partial charge is 0.224 e. The van der Waals surface area contributed by atoms with Gasteiger partial charge in [-0.2, -0.15) is 9.36 Å². The average Bonchev–Trinajstić information content (AvgIpc) is 3.09. The lowest BCUT2D eigenvalue weighted by Gasteiger charge is -2.32. The van der Waals surface area contributed by atoms with Crippen molar-refractivity contribution in [3.05, 3.63) is 30.3 Å². The molecule has 0 unspecified atom stereocenters. The second kappa shape index (κ2) is 8.21. The molecule has 128 valence electrons. The van der Waals surface area contributed by atoms with Crippen LogP contribution in [0.1, 0.15) is 19.3 Å². The molecule has 1 aliphatic heterocycles. The number of nitrogens with one attached hydrogen (secondary N) is 1. The highest BCUT2D eigenvalue weighted by Gasteiger charge is 2.23. The van der Waals surface area contributed by atoms with E-state index < -0.39 is 0 Å². The van der Waals surface area contributed by atoms with E-state index in [1.165, 1.54) is 11.5 Å². The number of rotatable bonds is 6. The molecular weight excluding hydrogens is 324 g/mol. The van der Waals surface area contributed by atoms with Crippen LogP contribution in [0.4, 0.5) is 5.13 Å². The average molecular weight is 346 g/mol. The maximum Gasteiger partial charge on any atom is 0.224 e. The Morgan fingerprint density at radius 2 is 2.08 bits per heavy atom. The third kappa shape index (κ3) is 4.30. The zero-order chi connectivity index (χ0) is 16.8. The fourth-order valence-electron chi connectivity index (χ4n) is 2.78. The standard InChI is InChI=1S/C17H22N4O2S/c1-23-12-9-15(22)21-10-7-14(8-11-21)18-17-19-16(20-24-17)13-5-3-2-4-6-13/h2-6,14H,7-12H2,1H3,(H,18,19,20). The fraction of sp³-hybridized carbons (Fsp3) is 0.471. The number of hydrogen-bond acceptors (Lipinski definition) is 6. The third-order valence-corrected chi connectivity index (χ3v) is 4.80. The molecule has 1 aliphatic rings. The SMILES string of the molecule is COCCC(=O)N1CCC(Nc2nc(-c3ccccc3)ns2)CC1. The highest BCUT2D eigenvalue weighted by molar-refractivity contribution is 7.09. The fourth-order valence-corrected chi connectivity index (χ4v) is 3.45. The quantitative estimate of drug-likeness (QED) is 0.871. The van der Waals surface area contributed by atoms with Gasteiger partial charge in [-0.1, -0.05) is 30.3 Å².